The number of nitrogens with zero attached hydrogens (tertiary/aromatic N) is 2. The van der Waals surface area contributed by atoms with Gasteiger partial charge in [0.15, 0.2) is 5.75 Å². The molecule has 7 nitrogen and oxygen atoms in total. The van der Waals surface area contributed by atoms with Gasteiger partial charge < -0.3 is 9.47 Å². The number of carbonyl (C=O) groups is 1. The Bertz CT molecular complexity index is 507. The number of hydrogen-bond acceptors (Lipinski definition) is 6. The van der Waals surface area contributed by atoms with Crippen LogP contribution in [0.25, 0.3) is 0 Å². The van der Waals surface area contributed by atoms with E-state index in [9.17, 15) is 14.9 Å². The van der Waals surface area contributed by atoms with Crippen molar-refractivity contribution in [2.75, 3.05) is 13.7 Å². The lowest BCUT2D eigenvalue weighted by Crippen LogP contribution is -2.08. The zero-order valence-electron chi connectivity index (χ0n) is 9.58. The molecule has 7 heteroatoms. The zero-order valence-corrected chi connectivity index (χ0v) is 9.58. The molecule has 0 amide bonds. The number of methoxy groups -OCH3 is 1. The van der Waals surface area contributed by atoms with E-state index in [1.54, 1.807) is 6.07 Å². The molecule has 18 heavy (non-hydrogen) atoms. The molecule has 94 valence electrons. The summed E-state index contributed by atoms with van der Waals surface area (Å²) in [5, 5.41) is 19.4. The molecule has 0 radical (unpaired) electrons. The second-order valence-electron chi connectivity index (χ2n) is 3.23. The van der Waals surface area contributed by atoms with Crippen LogP contribution in [0.1, 0.15) is 12.0 Å². The highest BCUT2D eigenvalue weighted by molar-refractivity contribution is 5.69. The van der Waals surface area contributed by atoms with Crippen molar-refractivity contribution in [1.29, 1.82) is 5.26 Å². The number of nitro benzene ring substituents is 1. The average Bonchev–Trinajstić information content (AvgIpc) is 2.38. The summed E-state index contributed by atoms with van der Waals surface area (Å²) in [7, 11) is 1.24. The van der Waals surface area contributed by atoms with Crippen molar-refractivity contribution in [1.82, 2.24) is 0 Å². The van der Waals surface area contributed by atoms with Crippen LogP contribution in [-0.2, 0) is 9.53 Å². The van der Waals surface area contributed by atoms with E-state index in [1.165, 1.54) is 19.2 Å². The molecule has 0 atom stereocenters. The van der Waals surface area contributed by atoms with Crippen LogP contribution in [0.5, 0.6) is 5.75 Å². The first-order valence-corrected chi connectivity index (χ1v) is 4.96. The molecular weight excluding hydrogens is 240 g/mol. The second kappa shape index (κ2) is 6.20. The Morgan fingerprint density at radius 1 is 1.56 bits per heavy atom. The summed E-state index contributed by atoms with van der Waals surface area (Å²) in [5.41, 5.74) is -0.138. The van der Waals surface area contributed by atoms with Crippen LogP contribution in [0, 0.1) is 21.4 Å². The van der Waals surface area contributed by atoms with Gasteiger partial charge in [0.1, 0.15) is 0 Å². The molecule has 0 aliphatic heterocycles. The predicted octanol–water partition coefficient (Wildman–Crippen LogP) is 1.41. The molecule has 1 aromatic carbocycles. The van der Waals surface area contributed by atoms with Crippen LogP contribution in [-0.4, -0.2) is 24.6 Å². The van der Waals surface area contributed by atoms with Crippen molar-refractivity contribution >= 4 is 11.7 Å². The number of ether oxygens (including phenoxy) is 2. The Morgan fingerprint density at radius 2 is 2.28 bits per heavy atom. The Labute approximate surface area is 103 Å². The van der Waals surface area contributed by atoms with Gasteiger partial charge in [0.25, 0.3) is 0 Å². The third-order valence-corrected chi connectivity index (χ3v) is 2.08. The molecule has 0 aliphatic rings. The summed E-state index contributed by atoms with van der Waals surface area (Å²) >= 11 is 0. The first kappa shape index (κ1) is 13.4. The lowest BCUT2D eigenvalue weighted by Gasteiger charge is -2.05. The normalized spacial score (nSPS) is 9.33. The summed E-state index contributed by atoms with van der Waals surface area (Å²) in [4.78, 5) is 21.0. The predicted molar refractivity (Wildman–Crippen MR) is 59.9 cm³/mol. The van der Waals surface area contributed by atoms with Gasteiger partial charge in [-0.1, -0.05) is 0 Å². The molecule has 1 aromatic rings. The molecule has 1 rings (SSSR count). The average molecular weight is 250 g/mol. The molecule has 0 aromatic heterocycles. The Balaban J connectivity index is 2.79. The van der Waals surface area contributed by atoms with Gasteiger partial charge in [-0.15, -0.1) is 0 Å². The maximum Gasteiger partial charge on any atom is 0.312 e. The van der Waals surface area contributed by atoms with E-state index in [0.29, 0.717) is 0 Å². The number of esters is 1. The van der Waals surface area contributed by atoms with E-state index in [2.05, 4.69) is 4.74 Å². The zero-order chi connectivity index (χ0) is 13.5. The van der Waals surface area contributed by atoms with Crippen molar-refractivity contribution in [3.63, 3.8) is 0 Å². The standard InChI is InChI=1S/C11H10N2O5/c1-17-11(14)4-5-18-10-3-2-8(7-12)6-9(10)13(15)16/h2-3,6H,4-5H2,1H3. The van der Waals surface area contributed by atoms with Crippen LogP contribution < -0.4 is 4.74 Å². The molecular formula is C11H10N2O5. The first-order valence-electron chi connectivity index (χ1n) is 4.96. The van der Waals surface area contributed by atoms with Crippen LogP contribution in [0.15, 0.2) is 18.2 Å². The minimum Gasteiger partial charge on any atom is -0.486 e. The third kappa shape index (κ3) is 3.45. The van der Waals surface area contributed by atoms with Crippen molar-refractivity contribution in [2.45, 2.75) is 6.42 Å². The van der Waals surface area contributed by atoms with E-state index in [4.69, 9.17) is 10.00 Å². The van der Waals surface area contributed by atoms with Gasteiger partial charge in [-0.3, -0.25) is 14.9 Å². The molecule has 0 fully saturated rings. The Hall–Kier alpha value is -2.62. The van der Waals surface area contributed by atoms with Crippen molar-refractivity contribution < 1.29 is 19.2 Å². The fourth-order valence-electron chi connectivity index (χ4n) is 1.20. The quantitative estimate of drug-likeness (QED) is 0.444. The van der Waals surface area contributed by atoms with Crippen LogP contribution in [0.3, 0.4) is 0 Å². The highest BCUT2D eigenvalue weighted by Gasteiger charge is 2.16. The maximum atomic E-state index is 10.8. The molecule has 0 bridgehead atoms. The fraction of sp³-hybridized carbons (Fsp3) is 0.273. The van der Waals surface area contributed by atoms with E-state index in [-0.39, 0.29) is 30.0 Å². The number of benzene rings is 1. The summed E-state index contributed by atoms with van der Waals surface area (Å²) < 4.78 is 9.53. The van der Waals surface area contributed by atoms with Crippen LogP contribution >= 0.6 is 0 Å². The third-order valence-electron chi connectivity index (χ3n) is 2.08. The maximum absolute atomic E-state index is 10.8. The first-order chi connectivity index (χ1) is 8.58. The SMILES string of the molecule is COC(=O)CCOc1ccc(C#N)cc1[N+](=O)[O-]. The summed E-state index contributed by atoms with van der Waals surface area (Å²) in [5.74, 6) is -0.450. The fourth-order valence-corrected chi connectivity index (χ4v) is 1.20. The molecule has 0 N–H and O–H groups in total. The number of nitriles is 1. The van der Waals surface area contributed by atoms with E-state index >= 15 is 0 Å². The van der Waals surface area contributed by atoms with Gasteiger partial charge in [0, 0.05) is 6.07 Å². The Morgan fingerprint density at radius 3 is 2.83 bits per heavy atom. The topological polar surface area (TPSA) is 102 Å². The van der Waals surface area contributed by atoms with Gasteiger partial charge in [-0.25, -0.2) is 0 Å². The summed E-state index contributed by atoms with van der Waals surface area (Å²) in [6.45, 7) is -0.0284. The monoisotopic (exact) mass is 250 g/mol. The summed E-state index contributed by atoms with van der Waals surface area (Å²) in [6, 6.07) is 5.65. The number of rotatable bonds is 5. The van der Waals surface area contributed by atoms with Crippen LogP contribution in [0.4, 0.5) is 5.69 Å². The lowest BCUT2D eigenvalue weighted by molar-refractivity contribution is -0.385. The van der Waals surface area contributed by atoms with Gasteiger partial charge in [0.05, 0.1) is 36.7 Å². The highest BCUT2D eigenvalue weighted by Crippen LogP contribution is 2.27. The molecule has 0 spiro atoms. The molecule has 0 aliphatic carbocycles. The largest absolute Gasteiger partial charge is 0.486 e. The van der Waals surface area contributed by atoms with Gasteiger partial charge in [-0.05, 0) is 12.1 Å². The minimum absolute atomic E-state index is 0.00629. The molecule has 0 saturated carbocycles. The number of hydrogen-bond donors (Lipinski definition) is 0. The minimum atomic E-state index is -0.645. The van der Waals surface area contributed by atoms with Gasteiger partial charge >= 0.3 is 11.7 Å². The van der Waals surface area contributed by atoms with Crippen molar-refractivity contribution in [2.24, 2.45) is 0 Å². The van der Waals surface area contributed by atoms with Crippen molar-refractivity contribution in [3.05, 3.63) is 33.9 Å². The van der Waals surface area contributed by atoms with E-state index in [0.717, 1.165) is 6.07 Å². The van der Waals surface area contributed by atoms with Crippen LogP contribution in [0.2, 0.25) is 0 Å². The molecule has 0 saturated heterocycles. The smallest absolute Gasteiger partial charge is 0.312 e. The lowest BCUT2D eigenvalue weighted by atomic mass is 10.2. The summed E-state index contributed by atoms with van der Waals surface area (Å²) in [6.07, 6.45) is -0.00629. The van der Waals surface area contributed by atoms with E-state index in [1.807, 2.05) is 0 Å². The van der Waals surface area contributed by atoms with Gasteiger partial charge in [-0.2, -0.15) is 5.26 Å². The number of carbonyl (C=O) groups excluding carboxylic acids is 1. The molecule has 0 unspecified atom stereocenters. The van der Waals surface area contributed by atoms with Crippen molar-refractivity contribution in [3.8, 4) is 11.8 Å². The number of nitro groups is 1. The second-order valence-corrected chi connectivity index (χ2v) is 3.23. The van der Waals surface area contributed by atoms with E-state index < -0.39 is 10.9 Å². The van der Waals surface area contributed by atoms with Gasteiger partial charge in [0.2, 0.25) is 0 Å². The highest BCUT2D eigenvalue weighted by atomic mass is 16.6. The Kier molecular flexibility index (Phi) is 4.63. The molecule has 0 heterocycles.